The second-order valence-electron chi connectivity index (χ2n) is 6.62. The van der Waals surface area contributed by atoms with Gasteiger partial charge < -0.3 is 10.2 Å². The van der Waals surface area contributed by atoms with E-state index in [9.17, 15) is 22.4 Å². The van der Waals surface area contributed by atoms with Gasteiger partial charge in [0.2, 0.25) is 0 Å². The molecule has 29 heavy (non-hydrogen) atoms. The average Bonchev–Trinajstić information content (AvgIpc) is 2.95. The predicted molar refractivity (Wildman–Crippen MR) is 98.3 cm³/mol. The van der Waals surface area contributed by atoms with E-state index in [1.165, 1.54) is 35.4 Å². The van der Waals surface area contributed by atoms with Crippen molar-refractivity contribution < 1.29 is 22.4 Å². The van der Waals surface area contributed by atoms with Crippen molar-refractivity contribution in [2.24, 2.45) is 0 Å². The molecule has 2 heterocycles. The van der Waals surface area contributed by atoms with Gasteiger partial charge in [-0.25, -0.2) is 4.39 Å². The molecule has 1 amide bonds. The number of fused-ring (bicyclic) bond motifs is 1. The molecule has 0 aliphatic carbocycles. The van der Waals surface area contributed by atoms with Crippen LogP contribution >= 0.6 is 0 Å². The highest BCUT2D eigenvalue weighted by molar-refractivity contribution is 5.98. The van der Waals surface area contributed by atoms with Crippen LogP contribution in [0.25, 0.3) is 0 Å². The number of pyridine rings is 1. The number of nitrogens with one attached hydrogen (secondary N) is 1. The molecule has 1 unspecified atom stereocenters. The van der Waals surface area contributed by atoms with E-state index in [2.05, 4.69) is 10.3 Å². The lowest BCUT2D eigenvalue weighted by molar-refractivity contribution is -0.137. The molecular weight excluding hydrogens is 386 g/mol. The van der Waals surface area contributed by atoms with Gasteiger partial charge in [-0.2, -0.15) is 13.2 Å². The summed E-state index contributed by atoms with van der Waals surface area (Å²) in [7, 11) is 0. The Morgan fingerprint density at radius 2 is 1.79 bits per heavy atom. The second-order valence-corrected chi connectivity index (χ2v) is 6.62. The third-order valence-corrected chi connectivity index (χ3v) is 4.66. The van der Waals surface area contributed by atoms with E-state index in [1.807, 2.05) is 0 Å². The van der Waals surface area contributed by atoms with E-state index in [0.29, 0.717) is 16.8 Å². The second kappa shape index (κ2) is 7.20. The van der Waals surface area contributed by atoms with Crippen LogP contribution < -0.4 is 5.32 Å². The van der Waals surface area contributed by atoms with E-state index in [-0.39, 0.29) is 18.1 Å². The van der Waals surface area contributed by atoms with Gasteiger partial charge in [0.1, 0.15) is 12.0 Å². The lowest BCUT2D eigenvalue weighted by Gasteiger charge is -2.27. The zero-order chi connectivity index (χ0) is 20.6. The highest BCUT2D eigenvalue weighted by Gasteiger charge is 2.38. The lowest BCUT2D eigenvalue weighted by Crippen LogP contribution is -2.32. The summed E-state index contributed by atoms with van der Waals surface area (Å²) >= 11 is 0. The van der Waals surface area contributed by atoms with E-state index >= 15 is 0 Å². The zero-order valence-electron chi connectivity index (χ0n) is 14.9. The molecule has 0 spiro atoms. The Balaban J connectivity index is 1.68. The molecule has 2 aromatic carbocycles. The third-order valence-electron chi connectivity index (χ3n) is 4.66. The normalized spacial score (nSPS) is 16.1. The Labute approximate surface area is 163 Å². The zero-order valence-corrected chi connectivity index (χ0v) is 14.9. The number of carbonyl (C=O) groups is 1. The molecule has 148 valence electrons. The van der Waals surface area contributed by atoms with Crippen LogP contribution in [0.5, 0.6) is 0 Å². The van der Waals surface area contributed by atoms with Gasteiger partial charge in [-0.15, -0.1) is 0 Å². The van der Waals surface area contributed by atoms with Crippen molar-refractivity contribution in [1.29, 1.82) is 0 Å². The summed E-state index contributed by atoms with van der Waals surface area (Å²) in [5.74, 6) is -0.702. The fourth-order valence-electron chi connectivity index (χ4n) is 3.27. The minimum atomic E-state index is -4.48. The molecular formula is C21H15F4N3O. The molecule has 0 saturated carbocycles. The van der Waals surface area contributed by atoms with E-state index in [0.717, 1.165) is 12.1 Å². The summed E-state index contributed by atoms with van der Waals surface area (Å²) in [6, 6.07) is 13.7. The summed E-state index contributed by atoms with van der Waals surface area (Å²) in [6.07, 6.45) is -3.71. The SMILES string of the molecule is O=C1c2cccnc2C(Nc2cccc(C(F)(F)F)c2)N1Cc1ccc(F)cc1. The predicted octanol–water partition coefficient (Wildman–Crippen LogP) is 5.01. The molecule has 1 aliphatic rings. The molecule has 1 aromatic heterocycles. The Morgan fingerprint density at radius 1 is 1.03 bits per heavy atom. The molecule has 4 rings (SSSR count). The first-order chi connectivity index (χ1) is 13.8. The Morgan fingerprint density at radius 3 is 2.52 bits per heavy atom. The van der Waals surface area contributed by atoms with Crippen molar-refractivity contribution in [1.82, 2.24) is 9.88 Å². The van der Waals surface area contributed by atoms with E-state index in [4.69, 9.17) is 0 Å². The first kappa shape index (κ1) is 18.9. The fourth-order valence-corrected chi connectivity index (χ4v) is 3.27. The van der Waals surface area contributed by atoms with Gasteiger partial charge in [-0.3, -0.25) is 9.78 Å². The molecule has 0 radical (unpaired) electrons. The maximum absolute atomic E-state index is 13.2. The maximum atomic E-state index is 13.2. The summed E-state index contributed by atoms with van der Waals surface area (Å²) in [4.78, 5) is 18.6. The largest absolute Gasteiger partial charge is 0.416 e. The van der Waals surface area contributed by atoms with Crippen molar-refractivity contribution in [3.63, 3.8) is 0 Å². The van der Waals surface area contributed by atoms with Gasteiger partial charge in [0.05, 0.1) is 16.8 Å². The van der Waals surface area contributed by atoms with Crippen LogP contribution in [0.15, 0.2) is 66.9 Å². The monoisotopic (exact) mass is 401 g/mol. The van der Waals surface area contributed by atoms with Crippen LogP contribution in [-0.2, 0) is 12.7 Å². The number of halogens is 4. The molecule has 1 N–H and O–H groups in total. The van der Waals surface area contributed by atoms with Crippen molar-refractivity contribution in [3.05, 3.63) is 95.1 Å². The molecule has 0 bridgehead atoms. The van der Waals surface area contributed by atoms with Gasteiger partial charge in [0, 0.05) is 18.4 Å². The van der Waals surface area contributed by atoms with Gasteiger partial charge >= 0.3 is 6.18 Å². The topological polar surface area (TPSA) is 45.2 Å². The molecule has 0 saturated heterocycles. The number of hydrogen-bond donors (Lipinski definition) is 1. The number of rotatable bonds is 4. The molecule has 1 aliphatic heterocycles. The fraction of sp³-hybridized carbons (Fsp3) is 0.143. The molecule has 0 fully saturated rings. The van der Waals surface area contributed by atoms with Crippen LogP contribution in [-0.4, -0.2) is 15.8 Å². The van der Waals surface area contributed by atoms with E-state index < -0.39 is 23.7 Å². The number of hydrogen-bond acceptors (Lipinski definition) is 3. The highest BCUT2D eigenvalue weighted by Crippen LogP contribution is 2.36. The number of alkyl halides is 3. The number of amides is 1. The number of nitrogens with zero attached hydrogens (tertiary/aromatic N) is 2. The first-order valence-corrected chi connectivity index (χ1v) is 8.77. The van der Waals surface area contributed by atoms with Crippen LogP contribution in [0.2, 0.25) is 0 Å². The van der Waals surface area contributed by atoms with Crippen molar-refractivity contribution >= 4 is 11.6 Å². The minimum Gasteiger partial charge on any atom is -0.360 e. The highest BCUT2D eigenvalue weighted by atomic mass is 19.4. The van der Waals surface area contributed by atoms with Crippen LogP contribution in [0.1, 0.15) is 33.3 Å². The standard InChI is InChI=1S/C21H15F4N3O/c22-15-8-6-13(7-9-15)12-28-19(18-17(20(28)29)5-2-10-26-18)27-16-4-1-3-14(11-16)21(23,24)25/h1-11,19,27H,12H2. The van der Waals surface area contributed by atoms with Crippen LogP contribution in [0, 0.1) is 5.82 Å². The van der Waals surface area contributed by atoms with Crippen LogP contribution in [0.3, 0.4) is 0 Å². The first-order valence-electron chi connectivity index (χ1n) is 8.77. The van der Waals surface area contributed by atoms with Crippen LogP contribution in [0.4, 0.5) is 23.2 Å². The van der Waals surface area contributed by atoms with Crippen molar-refractivity contribution in [3.8, 4) is 0 Å². The van der Waals surface area contributed by atoms with Crippen molar-refractivity contribution in [2.75, 3.05) is 5.32 Å². The van der Waals surface area contributed by atoms with Gasteiger partial charge in [0.25, 0.3) is 5.91 Å². The number of anilines is 1. The Bertz CT molecular complexity index is 1050. The van der Waals surface area contributed by atoms with Gasteiger partial charge in [0.15, 0.2) is 0 Å². The maximum Gasteiger partial charge on any atom is 0.416 e. The number of carbonyl (C=O) groups excluding carboxylic acids is 1. The van der Waals surface area contributed by atoms with Gasteiger partial charge in [-0.05, 0) is 48.0 Å². The summed E-state index contributed by atoms with van der Waals surface area (Å²) < 4.78 is 52.3. The molecule has 8 heteroatoms. The Kier molecular flexibility index (Phi) is 4.70. The summed E-state index contributed by atoms with van der Waals surface area (Å²) in [5.41, 5.74) is 0.901. The summed E-state index contributed by atoms with van der Waals surface area (Å²) in [5, 5.41) is 2.99. The van der Waals surface area contributed by atoms with E-state index in [1.54, 1.807) is 24.3 Å². The molecule has 1 atom stereocenters. The van der Waals surface area contributed by atoms with Crippen molar-refractivity contribution in [2.45, 2.75) is 18.9 Å². The minimum absolute atomic E-state index is 0.145. The summed E-state index contributed by atoms with van der Waals surface area (Å²) in [6.45, 7) is 0.145. The Hall–Kier alpha value is -3.42. The van der Waals surface area contributed by atoms with Gasteiger partial charge in [-0.1, -0.05) is 18.2 Å². The lowest BCUT2D eigenvalue weighted by atomic mass is 10.1. The molecule has 3 aromatic rings. The quantitative estimate of drug-likeness (QED) is 0.626. The number of aromatic nitrogens is 1. The smallest absolute Gasteiger partial charge is 0.360 e. The number of benzene rings is 2. The molecule has 4 nitrogen and oxygen atoms in total. The third kappa shape index (κ3) is 3.78. The average molecular weight is 401 g/mol.